The van der Waals surface area contributed by atoms with E-state index in [2.05, 4.69) is 20.0 Å². The molecule has 10 heteroatoms. The van der Waals surface area contributed by atoms with Crippen molar-refractivity contribution in [2.45, 2.75) is 62.2 Å². The van der Waals surface area contributed by atoms with Crippen LogP contribution >= 0.6 is 0 Å². The monoisotopic (exact) mass is 366 g/mol. The van der Waals surface area contributed by atoms with E-state index in [1.807, 2.05) is 4.57 Å². The molecule has 0 bridgehead atoms. The van der Waals surface area contributed by atoms with Gasteiger partial charge in [-0.2, -0.15) is 5.10 Å². The Morgan fingerprint density at radius 3 is 2.60 bits per heavy atom. The van der Waals surface area contributed by atoms with Crippen LogP contribution in [-0.4, -0.2) is 44.1 Å². The van der Waals surface area contributed by atoms with Crippen LogP contribution < -0.4 is 4.72 Å². The number of hydrogen-bond donors (Lipinski definition) is 2. The molecule has 4 rings (SSSR count). The summed E-state index contributed by atoms with van der Waals surface area (Å²) in [6, 6.07) is 1.84. The van der Waals surface area contributed by atoms with Crippen molar-refractivity contribution >= 4 is 10.0 Å². The molecule has 2 aliphatic rings. The first-order valence-electron chi connectivity index (χ1n) is 8.46. The van der Waals surface area contributed by atoms with Crippen molar-refractivity contribution in [3.8, 4) is 0 Å². The molecule has 0 saturated heterocycles. The highest BCUT2D eigenvalue weighted by Crippen LogP contribution is 2.43. The van der Waals surface area contributed by atoms with E-state index in [-0.39, 0.29) is 23.6 Å². The predicted octanol–water partition coefficient (Wildman–Crippen LogP) is 0.372. The lowest BCUT2D eigenvalue weighted by Gasteiger charge is -2.35. The van der Waals surface area contributed by atoms with Crippen LogP contribution in [0.5, 0.6) is 0 Å². The fourth-order valence-electron chi connectivity index (χ4n) is 3.50. The lowest BCUT2D eigenvalue weighted by atomic mass is 9.80. The summed E-state index contributed by atoms with van der Waals surface area (Å²) in [4.78, 5) is 0. The van der Waals surface area contributed by atoms with Crippen LogP contribution in [0.25, 0.3) is 0 Å². The Morgan fingerprint density at radius 1 is 1.32 bits per heavy atom. The van der Waals surface area contributed by atoms with E-state index in [1.165, 1.54) is 4.68 Å². The van der Waals surface area contributed by atoms with E-state index in [9.17, 15) is 13.5 Å². The second kappa shape index (κ2) is 5.89. The Bertz CT molecular complexity index is 893. The molecule has 2 aromatic heterocycles. The minimum absolute atomic E-state index is 0.118. The molecule has 0 aliphatic heterocycles. The SMILES string of the molecule is Cc1cc(S(=O)(=O)NC2CC(c3nnc(CO)n3C3CC3)C2)n(C)n1. The van der Waals surface area contributed by atoms with Crippen molar-refractivity contribution in [1.82, 2.24) is 29.3 Å². The number of aliphatic hydroxyl groups excluding tert-OH is 1. The number of aromatic nitrogens is 5. The van der Waals surface area contributed by atoms with Gasteiger partial charge >= 0.3 is 0 Å². The first-order chi connectivity index (χ1) is 11.9. The lowest BCUT2D eigenvalue weighted by Crippen LogP contribution is -2.44. The molecule has 0 radical (unpaired) electrons. The maximum atomic E-state index is 12.5. The van der Waals surface area contributed by atoms with Crippen molar-refractivity contribution in [3.05, 3.63) is 23.4 Å². The molecule has 0 spiro atoms. The summed E-state index contributed by atoms with van der Waals surface area (Å²) in [6.45, 7) is 1.65. The number of sulfonamides is 1. The summed E-state index contributed by atoms with van der Waals surface area (Å²) in [6.07, 6.45) is 3.54. The smallest absolute Gasteiger partial charge is 0.257 e. The molecule has 2 heterocycles. The van der Waals surface area contributed by atoms with E-state index in [0.29, 0.717) is 30.4 Å². The number of nitrogens with zero attached hydrogens (tertiary/aromatic N) is 5. The highest BCUT2D eigenvalue weighted by Gasteiger charge is 2.40. The van der Waals surface area contributed by atoms with E-state index in [0.717, 1.165) is 18.7 Å². The van der Waals surface area contributed by atoms with Crippen LogP contribution in [0.3, 0.4) is 0 Å². The normalized spacial score (nSPS) is 23.6. The maximum absolute atomic E-state index is 12.5. The second-order valence-electron chi connectivity index (χ2n) is 6.97. The minimum atomic E-state index is -3.58. The predicted molar refractivity (Wildman–Crippen MR) is 88.2 cm³/mol. The van der Waals surface area contributed by atoms with Crippen LogP contribution in [0.15, 0.2) is 11.1 Å². The summed E-state index contributed by atoms with van der Waals surface area (Å²) < 4.78 is 31.2. The third-order valence-corrected chi connectivity index (χ3v) is 6.48. The van der Waals surface area contributed by atoms with Crippen molar-refractivity contribution in [2.24, 2.45) is 7.05 Å². The van der Waals surface area contributed by atoms with Gasteiger partial charge in [-0.05, 0) is 38.7 Å². The summed E-state index contributed by atoms with van der Waals surface area (Å²) in [5.74, 6) is 1.65. The number of aliphatic hydroxyl groups is 1. The van der Waals surface area contributed by atoms with E-state index >= 15 is 0 Å². The van der Waals surface area contributed by atoms with Crippen LogP contribution in [0.2, 0.25) is 0 Å². The van der Waals surface area contributed by atoms with Crippen molar-refractivity contribution in [2.75, 3.05) is 0 Å². The van der Waals surface area contributed by atoms with Gasteiger partial charge in [0.1, 0.15) is 12.4 Å². The zero-order valence-electron chi connectivity index (χ0n) is 14.3. The molecule has 2 fully saturated rings. The topological polar surface area (TPSA) is 115 Å². The van der Waals surface area contributed by atoms with Crippen LogP contribution in [-0.2, 0) is 23.7 Å². The molecule has 0 aromatic carbocycles. The molecule has 0 atom stereocenters. The van der Waals surface area contributed by atoms with E-state index in [4.69, 9.17) is 0 Å². The molecule has 2 aromatic rings. The Hall–Kier alpha value is -1.78. The van der Waals surface area contributed by atoms with E-state index < -0.39 is 10.0 Å². The fourth-order valence-corrected chi connectivity index (χ4v) is 4.96. The van der Waals surface area contributed by atoms with Crippen LogP contribution in [0.4, 0.5) is 0 Å². The molecular formula is C15H22N6O3S. The Morgan fingerprint density at radius 2 is 2.04 bits per heavy atom. The first kappa shape index (κ1) is 16.7. The van der Waals surface area contributed by atoms with Gasteiger partial charge in [0.2, 0.25) is 0 Å². The molecule has 2 saturated carbocycles. The molecule has 25 heavy (non-hydrogen) atoms. The van der Waals surface area contributed by atoms with Gasteiger partial charge in [-0.1, -0.05) is 0 Å². The quantitative estimate of drug-likeness (QED) is 0.763. The summed E-state index contributed by atoms with van der Waals surface area (Å²) in [7, 11) is -1.96. The Labute approximate surface area is 146 Å². The number of hydrogen-bond acceptors (Lipinski definition) is 6. The van der Waals surface area contributed by atoms with Crippen molar-refractivity contribution in [1.29, 1.82) is 0 Å². The largest absolute Gasteiger partial charge is 0.388 e. The van der Waals surface area contributed by atoms with Gasteiger partial charge in [-0.15, -0.1) is 10.2 Å². The average Bonchev–Trinajstić information content (AvgIpc) is 3.17. The van der Waals surface area contributed by atoms with Crippen LogP contribution in [0.1, 0.15) is 55.0 Å². The zero-order valence-corrected chi connectivity index (χ0v) is 15.1. The highest BCUT2D eigenvalue weighted by atomic mass is 32.2. The Balaban J connectivity index is 1.44. The molecular weight excluding hydrogens is 344 g/mol. The van der Waals surface area contributed by atoms with Crippen molar-refractivity contribution in [3.63, 3.8) is 0 Å². The summed E-state index contributed by atoms with van der Waals surface area (Å²) >= 11 is 0. The third kappa shape index (κ3) is 2.98. The maximum Gasteiger partial charge on any atom is 0.257 e. The standard InChI is InChI=1S/C15H22N6O3S/c1-9-5-14(20(2)18-9)25(23,24)19-11-6-10(7-11)15-17-16-13(8-22)21(15)12-3-4-12/h5,10-12,19,22H,3-4,6-8H2,1-2H3. The first-order valence-corrected chi connectivity index (χ1v) is 9.95. The van der Waals surface area contributed by atoms with Crippen LogP contribution in [0, 0.1) is 6.92 Å². The van der Waals surface area contributed by atoms with E-state index in [1.54, 1.807) is 20.0 Å². The van der Waals surface area contributed by atoms with Gasteiger partial charge in [-0.25, -0.2) is 13.1 Å². The Kier molecular flexibility index (Phi) is 3.93. The molecule has 9 nitrogen and oxygen atoms in total. The summed E-state index contributed by atoms with van der Waals surface area (Å²) in [5, 5.41) is 22.0. The van der Waals surface area contributed by atoms with Gasteiger partial charge in [-0.3, -0.25) is 4.68 Å². The molecule has 2 N–H and O–H groups in total. The van der Waals surface area contributed by atoms with Crippen molar-refractivity contribution < 1.29 is 13.5 Å². The number of nitrogens with one attached hydrogen (secondary N) is 1. The summed E-state index contributed by atoms with van der Waals surface area (Å²) in [5.41, 5.74) is 0.670. The van der Waals surface area contributed by atoms with Gasteiger partial charge in [0.25, 0.3) is 10.0 Å². The molecule has 2 aliphatic carbocycles. The highest BCUT2D eigenvalue weighted by molar-refractivity contribution is 7.89. The lowest BCUT2D eigenvalue weighted by molar-refractivity contribution is 0.261. The second-order valence-corrected chi connectivity index (χ2v) is 8.63. The third-order valence-electron chi connectivity index (χ3n) is 4.91. The average molecular weight is 366 g/mol. The van der Waals surface area contributed by atoms with Gasteiger partial charge in [0.15, 0.2) is 10.9 Å². The van der Waals surface area contributed by atoms with Gasteiger partial charge in [0.05, 0.1) is 5.69 Å². The molecule has 0 amide bonds. The van der Waals surface area contributed by atoms with Gasteiger partial charge < -0.3 is 9.67 Å². The number of aryl methyl sites for hydroxylation is 2. The molecule has 136 valence electrons. The number of rotatable bonds is 6. The van der Waals surface area contributed by atoms with Gasteiger partial charge in [0, 0.05) is 25.0 Å². The minimum Gasteiger partial charge on any atom is -0.388 e. The fraction of sp³-hybridized carbons (Fsp3) is 0.667. The zero-order chi connectivity index (χ0) is 17.8. The molecule has 0 unspecified atom stereocenters.